The summed E-state index contributed by atoms with van der Waals surface area (Å²) in [5, 5.41) is 0. The lowest BCUT2D eigenvalue weighted by Crippen LogP contribution is -2.50. The molecule has 21 heavy (non-hydrogen) atoms. The van der Waals surface area contributed by atoms with E-state index in [-0.39, 0.29) is 11.8 Å². The molecule has 0 aromatic rings. The topological polar surface area (TPSA) is 63.2 Å². The number of hydrogen-bond acceptors (Lipinski definition) is 3. The van der Waals surface area contributed by atoms with Gasteiger partial charge in [0.15, 0.2) is 0 Å². The van der Waals surface area contributed by atoms with Gasteiger partial charge in [0.05, 0.1) is 0 Å². The van der Waals surface area contributed by atoms with Crippen molar-refractivity contribution in [1.82, 2.24) is 4.72 Å². The molecule has 8 heteroatoms. The highest BCUT2D eigenvalue weighted by atomic mass is 32.2. The van der Waals surface area contributed by atoms with E-state index in [4.69, 9.17) is 0 Å². The Labute approximate surface area is 122 Å². The van der Waals surface area contributed by atoms with E-state index in [0.29, 0.717) is 18.8 Å². The van der Waals surface area contributed by atoms with E-state index >= 15 is 0 Å². The number of hydrogen-bond donors (Lipinski definition) is 1. The number of amides is 1. The summed E-state index contributed by atoms with van der Waals surface area (Å²) in [6, 6.07) is 0. The van der Waals surface area contributed by atoms with Gasteiger partial charge >= 0.3 is 15.5 Å². The molecule has 1 amide bonds. The third-order valence-electron chi connectivity index (χ3n) is 4.70. The molecule has 2 unspecified atom stereocenters. The average Bonchev–Trinajstić information content (AvgIpc) is 2.24. The zero-order chi connectivity index (χ0) is 16.1. The van der Waals surface area contributed by atoms with Gasteiger partial charge in [-0.2, -0.15) is 21.6 Å². The number of nitrogens with one attached hydrogen (secondary N) is 1. The highest BCUT2D eigenvalue weighted by molar-refractivity contribution is 7.90. The van der Waals surface area contributed by atoms with Gasteiger partial charge in [-0.1, -0.05) is 13.8 Å². The molecule has 2 rings (SSSR count). The molecule has 4 nitrogen and oxygen atoms in total. The molecule has 1 N–H and O–H groups in total. The van der Waals surface area contributed by atoms with Gasteiger partial charge in [-0.15, -0.1) is 0 Å². The van der Waals surface area contributed by atoms with Gasteiger partial charge in [0.1, 0.15) is 0 Å². The maximum atomic E-state index is 12.4. The molecule has 2 bridgehead atoms. The van der Waals surface area contributed by atoms with E-state index in [1.54, 1.807) is 6.92 Å². The third kappa shape index (κ3) is 3.35. The van der Waals surface area contributed by atoms with Crippen LogP contribution in [0.3, 0.4) is 0 Å². The number of alkyl halides is 3. The Kier molecular flexibility index (Phi) is 4.06. The molecule has 122 valence electrons. The van der Waals surface area contributed by atoms with Gasteiger partial charge in [-0.3, -0.25) is 4.79 Å². The van der Waals surface area contributed by atoms with Gasteiger partial charge in [0.2, 0.25) is 5.91 Å². The summed E-state index contributed by atoms with van der Waals surface area (Å²) in [5.74, 6) is 0.109. The average molecular weight is 327 g/mol. The number of sulfonamides is 1. The Morgan fingerprint density at radius 1 is 1.14 bits per heavy atom. The first-order chi connectivity index (χ1) is 9.43. The first-order valence-electron chi connectivity index (χ1n) is 7.06. The van der Waals surface area contributed by atoms with E-state index in [2.05, 4.69) is 6.92 Å². The van der Waals surface area contributed by atoms with Gasteiger partial charge in [0.25, 0.3) is 0 Å². The smallest absolute Gasteiger partial charge is 0.273 e. The van der Waals surface area contributed by atoms with Crippen molar-refractivity contribution in [3.63, 3.8) is 0 Å². The number of carbonyl (C=O) groups is 1. The van der Waals surface area contributed by atoms with Crippen LogP contribution in [0.5, 0.6) is 0 Å². The van der Waals surface area contributed by atoms with Gasteiger partial charge in [0, 0.05) is 5.41 Å². The van der Waals surface area contributed by atoms with E-state index < -0.39 is 26.9 Å². The molecule has 2 aliphatic rings. The zero-order valence-corrected chi connectivity index (χ0v) is 12.9. The quantitative estimate of drug-likeness (QED) is 0.848. The van der Waals surface area contributed by atoms with E-state index in [1.165, 1.54) is 4.72 Å². The predicted molar refractivity (Wildman–Crippen MR) is 70.5 cm³/mol. The highest BCUT2D eigenvalue weighted by Crippen LogP contribution is 2.50. The second-order valence-electron chi connectivity index (χ2n) is 6.89. The molecule has 0 radical (unpaired) electrons. The van der Waals surface area contributed by atoms with Gasteiger partial charge in [-0.05, 0) is 49.9 Å². The fourth-order valence-electron chi connectivity index (χ4n) is 4.08. The Hall–Kier alpha value is -0.790. The number of rotatable bonds is 2. The molecule has 2 aliphatic carbocycles. The lowest BCUT2D eigenvalue weighted by Gasteiger charge is -2.46. The van der Waals surface area contributed by atoms with Crippen molar-refractivity contribution < 1.29 is 26.4 Å². The minimum atomic E-state index is -5.62. The molecule has 2 fully saturated rings. The molecule has 0 saturated heterocycles. The minimum Gasteiger partial charge on any atom is -0.273 e. The summed E-state index contributed by atoms with van der Waals surface area (Å²) >= 11 is 0. The Bertz CT molecular complexity index is 511. The molecule has 0 heterocycles. The standard InChI is InChI=1S/C13H20F3NO3S/c1-8-3-9-5-10(4-8)7-12(2,6-9)11(18)17-21(19,20)13(14,15)16/h8-10H,3-7H2,1-2H3,(H,17,18). The maximum absolute atomic E-state index is 12.4. The lowest BCUT2D eigenvalue weighted by molar-refractivity contribution is -0.134. The van der Waals surface area contributed by atoms with Crippen LogP contribution >= 0.6 is 0 Å². The Morgan fingerprint density at radius 2 is 1.62 bits per heavy atom. The maximum Gasteiger partial charge on any atom is 0.516 e. The van der Waals surface area contributed by atoms with Crippen LogP contribution in [0, 0.1) is 23.2 Å². The molecule has 0 aromatic heterocycles. The fraction of sp³-hybridized carbons (Fsp3) is 0.923. The molecular formula is C13H20F3NO3S. The van der Waals surface area contributed by atoms with Crippen molar-refractivity contribution in [2.45, 2.75) is 51.5 Å². The first kappa shape index (κ1) is 16.6. The first-order valence-corrected chi connectivity index (χ1v) is 8.55. The van der Waals surface area contributed by atoms with Gasteiger partial charge < -0.3 is 0 Å². The number of carbonyl (C=O) groups excluding carboxylic acids is 1. The molecule has 0 spiro atoms. The van der Waals surface area contributed by atoms with Crippen LogP contribution in [0.4, 0.5) is 13.2 Å². The number of halogens is 3. The van der Waals surface area contributed by atoms with Crippen molar-refractivity contribution in [3.8, 4) is 0 Å². The Balaban J connectivity index is 2.13. The van der Waals surface area contributed by atoms with Crippen molar-refractivity contribution >= 4 is 15.9 Å². The van der Waals surface area contributed by atoms with Crippen LogP contribution in [0.2, 0.25) is 0 Å². The van der Waals surface area contributed by atoms with Crippen LogP contribution in [0.25, 0.3) is 0 Å². The van der Waals surface area contributed by atoms with Crippen molar-refractivity contribution in [3.05, 3.63) is 0 Å². The van der Waals surface area contributed by atoms with E-state index in [9.17, 15) is 26.4 Å². The normalized spacial score (nSPS) is 37.1. The van der Waals surface area contributed by atoms with Crippen LogP contribution in [-0.4, -0.2) is 19.8 Å². The second-order valence-corrected chi connectivity index (χ2v) is 8.57. The van der Waals surface area contributed by atoms with Gasteiger partial charge in [-0.25, -0.2) is 4.72 Å². The summed E-state index contributed by atoms with van der Waals surface area (Å²) in [7, 11) is -5.62. The second kappa shape index (κ2) is 5.14. The molecule has 2 saturated carbocycles. The SMILES string of the molecule is CC1CC2CC(C1)CC(C)(C(=O)NS(=O)(=O)C(F)(F)F)C2. The van der Waals surface area contributed by atoms with E-state index in [1.807, 2.05) is 0 Å². The van der Waals surface area contributed by atoms with Crippen LogP contribution in [0.1, 0.15) is 46.0 Å². The van der Waals surface area contributed by atoms with Crippen LogP contribution in [0.15, 0.2) is 0 Å². The predicted octanol–water partition coefficient (Wildman–Crippen LogP) is 2.80. The van der Waals surface area contributed by atoms with Crippen molar-refractivity contribution in [2.75, 3.05) is 0 Å². The summed E-state index contributed by atoms with van der Waals surface area (Å²) in [4.78, 5) is 12.1. The van der Waals surface area contributed by atoms with Crippen molar-refractivity contribution in [1.29, 1.82) is 0 Å². The monoisotopic (exact) mass is 327 g/mol. The summed E-state index contributed by atoms with van der Waals surface area (Å²) in [5.41, 5.74) is -6.50. The zero-order valence-electron chi connectivity index (χ0n) is 12.0. The largest absolute Gasteiger partial charge is 0.516 e. The summed E-state index contributed by atoms with van der Waals surface area (Å²) in [6.07, 6.45) is 3.79. The van der Waals surface area contributed by atoms with Crippen LogP contribution < -0.4 is 4.72 Å². The van der Waals surface area contributed by atoms with E-state index in [0.717, 1.165) is 19.3 Å². The summed E-state index contributed by atoms with van der Waals surface area (Å²) < 4.78 is 60.5. The molecule has 0 aliphatic heterocycles. The van der Waals surface area contributed by atoms with Crippen molar-refractivity contribution in [2.24, 2.45) is 23.2 Å². The fourth-order valence-corrected chi connectivity index (χ4v) is 4.68. The molecule has 2 atom stereocenters. The lowest BCUT2D eigenvalue weighted by atomic mass is 9.59. The summed E-state index contributed by atoms with van der Waals surface area (Å²) in [6.45, 7) is 3.71. The minimum absolute atomic E-state index is 0.289. The molecular weight excluding hydrogens is 307 g/mol. The molecule has 0 aromatic carbocycles. The van der Waals surface area contributed by atoms with Crippen LogP contribution in [-0.2, 0) is 14.8 Å². The number of fused-ring (bicyclic) bond motifs is 2. The Morgan fingerprint density at radius 3 is 2.05 bits per heavy atom. The highest BCUT2D eigenvalue weighted by Gasteiger charge is 2.51. The third-order valence-corrected chi connectivity index (χ3v) is 5.76.